The first-order valence-corrected chi connectivity index (χ1v) is 5.89. The Kier molecular flexibility index (Phi) is 5.62. The highest BCUT2D eigenvalue weighted by atomic mass is 32.2. The molecular formula is C12H13NO2S. The predicted molar refractivity (Wildman–Crippen MR) is 64.8 cm³/mol. The number of aliphatic hydroxyl groups is 1. The second-order valence-corrected chi connectivity index (χ2v) is 4.36. The number of pyridine rings is 1. The number of carbonyl (C=O) groups is 1. The second kappa shape index (κ2) is 7.04. The van der Waals surface area contributed by atoms with Crippen LogP contribution in [0.1, 0.15) is 24.6 Å². The van der Waals surface area contributed by atoms with Crippen molar-refractivity contribution in [2.24, 2.45) is 0 Å². The Morgan fingerprint density at radius 1 is 1.56 bits per heavy atom. The number of aliphatic hydroxyl groups excluding tert-OH is 1. The minimum Gasteiger partial charge on any atom is -0.390 e. The summed E-state index contributed by atoms with van der Waals surface area (Å²) in [7, 11) is 0. The first kappa shape index (κ1) is 12.8. The Hall–Kier alpha value is -1.31. The number of rotatable bonds is 3. The van der Waals surface area contributed by atoms with Crippen LogP contribution in [-0.4, -0.2) is 21.0 Å². The van der Waals surface area contributed by atoms with Crippen LogP contribution in [0.4, 0.5) is 0 Å². The Labute approximate surface area is 99.3 Å². The molecule has 0 amide bonds. The first-order chi connectivity index (χ1) is 7.72. The van der Waals surface area contributed by atoms with Crippen LogP contribution in [0.15, 0.2) is 18.3 Å². The smallest absolute Gasteiger partial charge is 0.185 e. The lowest BCUT2D eigenvalue weighted by atomic mass is 10.2. The maximum atomic E-state index is 10.6. The summed E-state index contributed by atoms with van der Waals surface area (Å²) in [6.45, 7) is 1.50. The normalized spacial score (nSPS) is 9.38. The van der Waals surface area contributed by atoms with Crippen LogP contribution in [0, 0.1) is 11.8 Å². The maximum absolute atomic E-state index is 10.6. The average molecular weight is 235 g/mol. The molecule has 84 valence electrons. The number of carbonyl (C=O) groups excluding carboxylic acids is 1. The predicted octanol–water partition coefficient (Wildman–Crippen LogP) is 1.60. The van der Waals surface area contributed by atoms with Gasteiger partial charge in [-0.2, -0.15) is 0 Å². The van der Waals surface area contributed by atoms with Crippen molar-refractivity contribution < 1.29 is 9.90 Å². The fourth-order valence-electron chi connectivity index (χ4n) is 1.00. The molecule has 0 aliphatic carbocycles. The summed E-state index contributed by atoms with van der Waals surface area (Å²) in [5.74, 6) is 6.65. The quantitative estimate of drug-likeness (QED) is 0.638. The maximum Gasteiger partial charge on any atom is 0.185 e. The zero-order chi connectivity index (χ0) is 11.8. The summed E-state index contributed by atoms with van der Waals surface area (Å²) in [6, 6.07) is 3.57. The van der Waals surface area contributed by atoms with Gasteiger partial charge >= 0.3 is 0 Å². The molecule has 0 saturated heterocycles. The zero-order valence-electron chi connectivity index (χ0n) is 9.06. The lowest BCUT2D eigenvalue weighted by Gasteiger charge is -1.93. The summed E-state index contributed by atoms with van der Waals surface area (Å²) in [5, 5.41) is 8.91. The number of thioether (sulfide) groups is 1. The van der Waals surface area contributed by atoms with Crippen LogP contribution in [-0.2, 0) is 11.4 Å². The van der Waals surface area contributed by atoms with E-state index >= 15 is 0 Å². The highest BCUT2D eigenvalue weighted by Gasteiger charge is 1.92. The summed E-state index contributed by atoms with van der Waals surface area (Å²) in [6.07, 6.45) is 2.32. The van der Waals surface area contributed by atoms with Gasteiger partial charge < -0.3 is 5.11 Å². The fourth-order valence-corrected chi connectivity index (χ4v) is 1.49. The van der Waals surface area contributed by atoms with Gasteiger partial charge in [-0.15, -0.1) is 0 Å². The van der Waals surface area contributed by atoms with Gasteiger partial charge in [0, 0.05) is 30.9 Å². The van der Waals surface area contributed by atoms with E-state index in [-0.39, 0.29) is 11.7 Å². The first-order valence-electron chi connectivity index (χ1n) is 4.90. The van der Waals surface area contributed by atoms with E-state index in [4.69, 9.17) is 5.11 Å². The fraction of sp³-hybridized carbons (Fsp3) is 0.333. The lowest BCUT2D eigenvalue weighted by Crippen LogP contribution is -1.88. The molecule has 0 bridgehead atoms. The van der Waals surface area contributed by atoms with Crippen molar-refractivity contribution in [2.75, 3.05) is 5.75 Å². The van der Waals surface area contributed by atoms with E-state index in [0.29, 0.717) is 12.1 Å². The molecule has 1 aromatic rings. The third-order valence-corrected chi connectivity index (χ3v) is 2.57. The molecule has 3 nitrogen and oxygen atoms in total. The monoisotopic (exact) mass is 235 g/mol. The molecule has 0 radical (unpaired) electrons. The number of aromatic nitrogens is 1. The van der Waals surface area contributed by atoms with Crippen LogP contribution in [0.25, 0.3) is 0 Å². The van der Waals surface area contributed by atoms with Gasteiger partial charge in [-0.25, -0.2) is 0 Å². The topological polar surface area (TPSA) is 50.2 Å². The van der Waals surface area contributed by atoms with Gasteiger partial charge in [0.05, 0.1) is 12.3 Å². The Morgan fingerprint density at radius 2 is 2.38 bits per heavy atom. The van der Waals surface area contributed by atoms with E-state index in [0.717, 1.165) is 11.3 Å². The van der Waals surface area contributed by atoms with Gasteiger partial charge in [0.15, 0.2) is 5.12 Å². The van der Waals surface area contributed by atoms with Gasteiger partial charge in [-0.3, -0.25) is 9.78 Å². The van der Waals surface area contributed by atoms with Crippen molar-refractivity contribution in [3.8, 4) is 11.8 Å². The molecule has 0 aromatic carbocycles. The Balaban J connectivity index is 2.41. The second-order valence-electron chi connectivity index (χ2n) is 3.09. The van der Waals surface area contributed by atoms with E-state index < -0.39 is 0 Å². The molecule has 0 saturated carbocycles. The Morgan fingerprint density at radius 3 is 2.94 bits per heavy atom. The van der Waals surface area contributed by atoms with Crippen LogP contribution >= 0.6 is 11.8 Å². The van der Waals surface area contributed by atoms with Crippen molar-refractivity contribution in [1.29, 1.82) is 0 Å². The largest absolute Gasteiger partial charge is 0.390 e. The molecule has 16 heavy (non-hydrogen) atoms. The van der Waals surface area contributed by atoms with Gasteiger partial charge in [0.2, 0.25) is 0 Å². The van der Waals surface area contributed by atoms with Crippen molar-refractivity contribution in [2.45, 2.75) is 20.0 Å². The Bertz CT molecular complexity index is 403. The standard InChI is InChI=1S/C12H13NO2S/c1-10(15)16-7-3-2-4-11-5-6-12(9-14)13-8-11/h5-6,8,14H,3,7,9H2,1H3. The van der Waals surface area contributed by atoms with E-state index in [1.807, 2.05) is 6.07 Å². The zero-order valence-corrected chi connectivity index (χ0v) is 9.88. The highest BCUT2D eigenvalue weighted by molar-refractivity contribution is 8.13. The van der Waals surface area contributed by atoms with Crippen LogP contribution < -0.4 is 0 Å². The van der Waals surface area contributed by atoms with E-state index in [9.17, 15) is 4.79 Å². The molecule has 1 rings (SSSR count). The number of nitrogens with zero attached hydrogens (tertiary/aromatic N) is 1. The summed E-state index contributed by atoms with van der Waals surface area (Å²) < 4.78 is 0. The molecule has 0 aliphatic heterocycles. The minimum atomic E-state index is -0.0526. The van der Waals surface area contributed by atoms with Crippen LogP contribution in [0.5, 0.6) is 0 Å². The third kappa shape index (κ3) is 4.96. The van der Waals surface area contributed by atoms with E-state index in [2.05, 4.69) is 16.8 Å². The molecule has 1 N–H and O–H groups in total. The third-order valence-electron chi connectivity index (χ3n) is 1.75. The molecule has 1 heterocycles. The van der Waals surface area contributed by atoms with Crippen molar-refractivity contribution in [3.05, 3.63) is 29.6 Å². The van der Waals surface area contributed by atoms with Gasteiger partial charge in [-0.1, -0.05) is 23.6 Å². The number of hydrogen-bond acceptors (Lipinski definition) is 4. The van der Waals surface area contributed by atoms with E-state index in [1.165, 1.54) is 11.8 Å². The molecule has 0 atom stereocenters. The van der Waals surface area contributed by atoms with Crippen LogP contribution in [0.3, 0.4) is 0 Å². The molecular weight excluding hydrogens is 222 g/mol. The van der Waals surface area contributed by atoms with Gasteiger partial charge in [0.25, 0.3) is 0 Å². The van der Waals surface area contributed by atoms with Crippen molar-refractivity contribution >= 4 is 16.9 Å². The summed E-state index contributed by atoms with van der Waals surface area (Å²) in [4.78, 5) is 14.6. The molecule has 1 aromatic heterocycles. The average Bonchev–Trinajstić information content (AvgIpc) is 2.29. The lowest BCUT2D eigenvalue weighted by molar-refractivity contribution is -0.109. The summed E-state index contributed by atoms with van der Waals surface area (Å²) in [5.41, 5.74) is 1.46. The molecule has 0 unspecified atom stereocenters. The molecule has 4 heteroatoms. The van der Waals surface area contributed by atoms with Crippen molar-refractivity contribution in [3.63, 3.8) is 0 Å². The highest BCUT2D eigenvalue weighted by Crippen LogP contribution is 2.02. The summed E-state index contributed by atoms with van der Waals surface area (Å²) >= 11 is 1.28. The molecule has 0 aliphatic rings. The molecule has 0 fully saturated rings. The minimum absolute atomic E-state index is 0.0526. The van der Waals surface area contributed by atoms with Crippen LogP contribution in [0.2, 0.25) is 0 Å². The van der Waals surface area contributed by atoms with E-state index in [1.54, 1.807) is 19.2 Å². The van der Waals surface area contributed by atoms with Gasteiger partial charge in [-0.05, 0) is 12.1 Å². The number of hydrogen-bond donors (Lipinski definition) is 1. The van der Waals surface area contributed by atoms with Gasteiger partial charge in [0.1, 0.15) is 0 Å². The molecule has 0 spiro atoms. The SMILES string of the molecule is CC(=O)SCCC#Cc1ccc(CO)nc1. The van der Waals surface area contributed by atoms with Crippen molar-refractivity contribution in [1.82, 2.24) is 4.98 Å².